The number of aryl methyl sites for hydroxylation is 1. The van der Waals surface area contributed by atoms with E-state index < -0.39 is 17.2 Å². The highest BCUT2D eigenvalue weighted by molar-refractivity contribution is 6.05. The zero-order valence-corrected chi connectivity index (χ0v) is 12.2. The highest BCUT2D eigenvalue weighted by atomic mass is 16.2. The van der Waals surface area contributed by atoms with E-state index in [1.54, 1.807) is 12.1 Å². The Hall–Kier alpha value is -2.63. The highest BCUT2D eigenvalue weighted by Gasteiger charge is 2.21. The number of amides is 1. The summed E-state index contributed by atoms with van der Waals surface area (Å²) in [5.41, 5.74) is -0.358. The van der Waals surface area contributed by atoms with Crippen LogP contribution in [0.1, 0.15) is 17.3 Å². The van der Waals surface area contributed by atoms with E-state index in [1.165, 1.54) is 29.8 Å². The first-order valence-electron chi connectivity index (χ1n) is 6.61. The van der Waals surface area contributed by atoms with E-state index in [9.17, 15) is 14.4 Å². The van der Waals surface area contributed by atoms with Crippen LogP contribution in [-0.2, 0) is 14.1 Å². The lowest BCUT2D eigenvalue weighted by Crippen LogP contribution is -2.43. The predicted molar refractivity (Wildman–Crippen MR) is 80.7 cm³/mol. The van der Waals surface area contributed by atoms with Crippen molar-refractivity contribution in [2.45, 2.75) is 6.92 Å². The summed E-state index contributed by atoms with van der Waals surface area (Å²) in [4.78, 5) is 37.9. The molecule has 2 rings (SSSR count). The molecule has 1 amide bonds. The van der Waals surface area contributed by atoms with Crippen molar-refractivity contribution in [3.05, 3.63) is 62.9 Å². The van der Waals surface area contributed by atoms with Crippen LogP contribution in [0.2, 0.25) is 0 Å². The SMILES string of the molecule is CCN(C(=O)c1cn(C)c(=O)n(C)c1=O)c1ccccc1. The Morgan fingerprint density at radius 1 is 1.14 bits per heavy atom. The molecule has 1 aromatic carbocycles. The molecule has 0 N–H and O–H groups in total. The number of nitrogens with zero attached hydrogens (tertiary/aromatic N) is 3. The zero-order valence-electron chi connectivity index (χ0n) is 12.2. The van der Waals surface area contributed by atoms with Gasteiger partial charge in [0.25, 0.3) is 11.5 Å². The van der Waals surface area contributed by atoms with Crippen LogP contribution in [0.5, 0.6) is 0 Å². The molecule has 21 heavy (non-hydrogen) atoms. The molecule has 0 saturated carbocycles. The fourth-order valence-electron chi connectivity index (χ4n) is 2.15. The smallest absolute Gasteiger partial charge is 0.308 e. The Morgan fingerprint density at radius 3 is 2.33 bits per heavy atom. The molecule has 0 aliphatic heterocycles. The second-order valence-corrected chi connectivity index (χ2v) is 4.69. The van der Waals surface area contributed by atoms with Gasteiger partial charge in [-0.3, -0.25) is 14.2 Å². The molecule has 6 heteroatoms. The maximum Gasteiger partial charge on any atom is 0.330 e. The quantitative estimate of drug-likeness (QED) is 0.837. The fourth-order valence-corrected chi connectivity index (χ4v) is 2.15. The first kappa shape index (κ1) is 14.8. The minimum absolute atomic E-state index is 0.0229. The molecule has 0 radical (unpaired) electrons. The Morgan fingerprint density at radius 2 is 1.76 bits per heavy atom. The number of para-hydroxylation sites is 1. The van der Waals surface area contributed by atoms with Crippen LogP contribution in [0, 0.1) is 0 Å². The number of hydrogen-bond acceptors (Lipinski definition) is 3. The number of carbonyl (C=O) groups excluding carboxylic acids is 1. The summed E-state index contributed by atoms with van der Waals surface area (Å²) >= 11 is 0. The number of aromatic nitrogens is 2. The molecule has 0 fully saturated rings. The average Bonchev–Trinajstić information content (AvgIpc) is 2.50. The molecule has 110 valence electrons. The van der Waals surface area contributed by atoms with Crippen molar-refractivity contribution in [3.8, 4) is 0 Å². The average molecular weight is 287 g/mol. The van der Waals surface area contributed by atoms with Crippen molar-refractivity contribution < 1.29 is 4.79 Å². The van der Waals surface area contributed by atoms with Crippen LogP contribution in [0.25, 0.3) is 0 Å². The summed E-state index contributed by atoms with van der Waals surface area (Å²) in [6.07, 6.45) is 1.29. The summed E-state index contributed by atoms with van der Waals surface area (Å²) in [6.45, 7) is 2.26. The number of anilines is 1. The van der Waals surface area contributed by atoms with E-state index in [-0.39, 0.29) is 5.56 Å². The third-order valence-corrected chi connectivity index (χ3v) is 3.31. The topological polar surface area (TPSA) is 64.3 Å². The van der Waals surface area contributed by atoms with Crippen LogP contribution in [0.15, 0.2) is 46.1 Å². The molecule has 0 saturated heterocycles. The number of rotatable bonds is 3. The van der Waals surface area contributed by atoms with Gasteiger partial charge in [-0.1, -0.05) is 18.2 Å². The largest absolute Gasteiger partial charge is 0.330 e. The Balaban J connectivity index is 2.54. The van der Waals surface area contributed by atoms with Crippen molar-refractivity contribution in [3.63, 3.8) is 0 Å². The standard InChI is InChI=1S/C15H17N3O3/c1-4-18(11-8-6-5-7-9-11)14(20)12-10-16(2)15(21)17(3)13(12)19/h5-10H,4H2,1-3H3. The van der Waals surface area contributed by atoms with Crippen LogP contribution in [0.4, 0.5) is 5.69 Å². The summed E-state index contributed by atoms with van der Waals surface area (Å²) in [6, 6.07) is 9.10. The summed E-state index contributed by atoms with van der Waals surface area (Å²) < 4.78 is 2.17. The van der Waals surface area contributed by atoms with Gasteiger partial charge in [-0.25, -0.2) is 4.79 Å². The number of hydrogen-bond donors (Lipinski definition) is 0. The molecule has 1 aromatic heterocycles. The summed E-state index contributed by atoms with van der Waals surface area (Å²) in [7, 11) is 2.87. The maximum atomic E-state index is 12.6. The summed E-state index contributed by atoms with van der Waals surface area (Å²) in [5, 5.41) is 0. The van der Waals surface area contributed by atoms with Crippen LogP contribution < -0.4 is 16.1 Å². The van der Waals surface area contributed by atoms with E-state index in [0.717, 1.165) is 4.57 Å². The lowest BCUT2D eigenvalue weighted by Gasteiger charge is -2.21. The van der Waals surface area contributed by atoms with Gasteiger partial charge in [-0.2, -0.15) is 0 Å². The lowest BCUT2D eigenvalue weighted by atomic mass is 10.2. The highest BCUT2D eigenvalue weighted by Crippen LogP contribution is 2.14. The van der Waals surface area contributed by atoms with Crippen molar-refractivity contribution in [1.29, 1.82) is 0 Å². The van der Waals surface area contributed by atoms with Crippen molar-refractivity contribution in [2.75, 3.05) is 11.4 Å². The third kappa shape index (κ3) is 2.65. The lowest BCUT2D eigenvalue weighted by molar-refractivity contribution is 0.0985. The van der Waals surface area contributed by atoms with Gasteiger partial charge >= 0.3 is 5.69 Å². The Kier molecular flexibility index (Phi) is 4.07. The van der Waals surface area contributed by atoms with Crippen molar-refractivity contribution >= 4 is 11.6 Å². The zero-order chi connectivity index (χ0) is 15.6. The molecule has 0 unspecified atom stereocenters. The normalized spacial score (nSPS) is 10.4. The van der Waals surface area contributed by atoms with Gasteiger partial charge in [0.15, 0.2) is 0 Å². The van der Waals surface area contributed by atoms with Crippen molar-refractivity contribution in [1.82, 2.24) is 9.13 Å². The second-order valence-electron chi connectivity index (χ2n) is 4.69. The molecule has 6 nitrogen and oxygen atoms in total. The maximum absolute atomic E-state index is 12.6. The molecule has 1 heterocycles. The van der Waals surface area contributed by atoms with Gasteiger partial charge in [0, 0.05) is 32.5 Å². The number of benzene rings is 1. The van der Waals surface area contributed by atoms with Gasteiger partial charge in [0.2, 0.25) is 0 Å². The molecule has 0 aliphatic carbocycles. The van der Waals surface area contributed by atoms with Gasteiger partial charge in [0.05, 0.1) is 0 Å². The van der Waals surface area contributed by atoms with E-state index in [2.05, 4.69) is 0 Å². The van der Waals surface area contributed by atoms with E-state index in [1.807, 2.05) is 25.1 Å². The Bertz CT molecular complexity index is 775. The van der Waals surface area contributed by atoms with Gasteiger partial charge in [-0.15, -0.1) is 0 Å². The molecule has 0 aliphatic rings. The molecule has 0 bridgehead atoms. The van der Waals surface area contributed by atoms with E-state index >= 15 is 0 Å². The molecule has 0 spiro atoms. The monoisotopic (exact) mass is 287 g/mol. The van der Waals surface area contributed by atoms with Gasteiger partial charge < -0.3 is 9.47 Å². The first-order chi connectivity index (χ1) is 9.97. The van der Waals surface area contributed by atoms with Crippen LogP contribution >= 0.6 is 0 Å². The molecular formula is C15H17N3O3. The molecule has 0 atom stereocenters. The van der Waals surface area contributed by atoms with Gasteiger partial charge in [-0.05, 0) is 19.1 Å². The van der Waals surface area contributed by atoms with E-state index in [4.69, 9.17) is 0 Å². The van der Waals surface area contributed by atoms with Crippen LogP contribution in [-0.4, -0.2) is 21.6 Å². The van der Waals surface area contributed by atoms with Gasteiger partial charge in [0.1, 0.15) is 5.56 Å². The first-order valence-corrected chi connectivity index (χ1v) is 6.61. The summed E-state index contributed by atoms with van der Waals surface area (Å²) in [5.74, 6) is -0.417. The predicted octanol–water partition coefficient (Wildman–Crippen LogP) is 0.751. The van der Waals surface area contributed by atoms with Crippen LogP contribution in [0.3, 0.4) is 0 Å². The fraction of sp³-hybridized carbons (Fsp3) is 0.267. The Labute approximate surface area is 121 Å². The minimum Gasteiger partial charge on any atom is -0.308 e. The molecular weight excluding hydrogens is 270 g/mol. The molecule has 2 aromatic rings. The third-order valence-electron chi connectivity index (χ3n) is 3.31. The van der Waals surface area contributed by atoms with E-state index in [0.29, 0.717) is 12.2 Å². The minimum atomic E-state index is -0.586. The van der Waals surface area contributed by atoms with Crippen molar-refractivity contribution in [2.24, 2.45) is 14.1 Å². The number of carbonyl (C=O) groups is 1. The second kappa shape index (κ2) is 5.78.